The van der Waals surface area contributed by atoms with Gasteiger partial charge in [-0.3, -0.25) is 0 Å². The lowest BCUT2D eigenvalue weighted by Crippen LogP contribution is -2.07. The van der Waals surface area contributed by atoms with Gasteiger partial charge in [0.25, 0.3) is 0 Å². The van der Waals surface area contributed by atoms with Gasteiger partial charge in [-0.2, -0.15) is 4.98 Å². The third-order valence-electron chi connectivity index (χ3n) is 2.56. The summed E-state index contributed by atoms with van der Waals surface area (Å²) in [6.07, 6.45) is 0.672. The second-order valence-electron chi connectivity index (χ2n) is 3.85. The normalized spacial score (nSPS) is 10.7. The Kier molecular flexibility index (Phi) is 4.50. The van der Waals surface area contributed by atoms with Crippen LogP contribution in [-0.2, 0) is 6.42 Å². The van der Waals surface area contributed by atoms with Crippen molar-refractivity contribution in [3.05, 3.63) is 33.9 Å². The van der Waals surface area contributed by atoms with Gasteiger partial charge in [-0.1, -0.05) is 45.2 Å². The molecule has 0 bridgehead atoms. The van der Waals surface area contributed by atoms with E-state index in [0.717, 1.165) is 16.6 Å². The molecule has 0 radical (unpaired) electrons. The van der Waals surface area contributed by atoms with Crippen molar-refractivity contribution in [3.8, 4) is 11.1 Å². The molecule has 2 rings (SSSR count). The van der Waals surface area contributed by atoms with Gasteiger partial charge in [0, 0.05) is 27.9 Å². The summed E-state index contributed by atoms with van der Waals surface area (Å²) in [5.41, 5.74) is 13.8. The zero-order valence-corrected chi connectivity index (χ0v) is 12.9. The van der Waals surface area contributed by atoms with E-state index in [0.29, 0.717) is 27.8 Å². The molecule has 0 saturated carbocycles. The van der Waals surface area contributed by atoms with Crippen LogP contribution in [-0.4, -0.2) is 15.3 Å². The summed E-state index contributed by atoms with van der Waals surface area (Å²) < 4.78 is 0. The maximum Gasteiger partial charge on any atom is 0.222 e. The maximum absolute atomic E-state index is 6.21. The highest BCUT2D eigenvalue weighted by molar-refractivity contribution is 9.09. The predicted octanol–water partition coefficient (Wildman–Crippen LogP) is 3.55. The summed E-state index contributed by atoms with van der Waals surface area (Å²) in [5, 5.41) is 1.80. The first kappa shape index (κ1) is 14.4. The van der Waals surface area contributed by atoms with E-state index in [9.17, 15) is 0 Å². The van der Waals surface area contributed by atoms with Crippen LogP contribution in [0.2, 0.25) is 10.0 Å². The highest BCUT2D eigenvalue weighted by atomic mass is 79.9. The van der Waals surface area contributed by atoms with E-state index in [1.807, 2.05) is 0 Å². The average molecular weight is 362 g/mol. The Morgan fingerprint density at radius 1 is 1.16 bits per heavy atom. The molecular weight excluding hydrogens is 351 g/mol. The number of nitrogens with two attached hydrogens (primary N) is 2. The molecule has 0 aliphatic rings. The highest BCUT2D eigenvalue weighted by Gasteiger charge is 2.16. The summed E-state index contributed by atoms with van der Waals surface area (Å²) in [7, 11) is 0. The third-order valence-corrected chi connectivity index (χ3v) is 3.51. The van der Waals surface area contributed by atoms with Crippen molar-refractivity contribution in [1.29, 1.82) is 0 Å². The van der Waals surface area contributed by atoms with E-state index in [2.05, 4.69) is 25.9 Å². The van der Waals surface area contributed by atoms with Crippen molar-refractivity contribution >= 4 is 50.9 Å². The summed E-state index contributed by atoms with van der Waals surface area (Å²) in [5.74, 6) is 0.468. The van der Waals surface area contributed by atoms with Crippen molar-refractivity contribution < 1.29 is 0 Å². The first-order valence-corrected chi connectivity index (χ1v) is 7.34. The van der Waals surface area contributed by atoms with Gasteiger partial charge < -0.3 is 11.5 Å². The van der Waals surface area contributed by atoms with Gasteiger partial charge in [0.2, 0.25) is 5.95 Å². The number of hydrogen-bond donors (Lipinski definition) is 2. The minimum absolute atomic E-state index is 0.155. The monoisotopic (exact) mass is 360 g/mol. The first-order valence-electron chi connectivity index (χ1n) is 5.46. The van der Waals surface area contributed by atoms with E-state index in [-0.39, 0.29) is 5.95 Å². The molecule has 4 nitrogen and oxygen atoms in total. The molecular formula is C12H11BrCl2N4. The molecule has 0 amide bonds. The molecule has 7 heteroatoms. The number of nitrogen functional groups attached to an aromatic ring is 2. The highest BCUT2D eigenvalue weighted by Crippen LogP contribution is 2.35. The second kappa shape index (κ2) is 5.94. The van der Waals surface area contributed by atoms with Crippen LogP contribution < -0.4 is 11.5 Å². The maximum atomic E-state index is 6.21. The molecule has 0 spiro atoms. The van der Waals surface area contributed by atoms with Gasteiger partial charge in [0.05, 0.1) is 10.7 Å². The number of aryl methyl sites for hydroxylation is 1. The Morgan fingerprint density at radius 2 is 1.89 bits per heavy atom. The second-order valence-corrected chi connectivity index (χ2v) is 5.49. The number of hydrogen-bond acceptors (Lipinski definition) is 4. The van der Waals surface area contributed by atoms with Crippen molar-refractivity contribution in [3.63, 3.8) is 0 Å². The molecule has 2 aromatic rings. The average Bonchev–Trinajstić information content (AvgIpc) is 2.31. The summed E-state index contributed by atoms with van der Waals surface area (Å²) in [6, 6.07) is 5.20. The van der Waals surface area contributed by atoms with Crippen LogP contribution in [0.4, 0.5) is 11.8 Å². The number of alkyl halides is 1. The lowest BCUT2D eigenvalue weighted by molar-refractivity contribution is 1.03. The molecule has 0 fully saturated rings. The fraction of sp³-hybridized carbons (Fsp3) is 0.167. The minimum atomic E-state index is 0.155. The SMILES string of the molecule is Nc1nc(N)c(-c2ccc(Cl)cc2Cl)c(CCBr)n1. The standard InChI is InChI=1S/C12H11BrCl2N4/c13-4-3-9-10(11(16)19-12(17)18-9)7-2-1-6(14)5-8(7)15/h1-2,5H,3-4H2,(H4,16,17,18,19). The van der Waals surface area contributed by atoms with Crippen LogP contribution in [0.5, 0.6) is 0 Å². The Bertz CT molecular complexity index is 619. The number of nitrogens with zero attached hydrogens (tertiary/aromatic N) is 2. The fourth-order valence-corrected chi connectivity index (χ4v) is 2.68. The Labute approximate surface area is 129 Å². The van der Waals surface area contributed by atoms with E-state index in [1.54, 1.807) is 18.2 Å². The predicted molar refractivity (Wildman–Crippen MR) is 83.8 cm³/mol. The van der Waals surface area contributed by atoms with Crippen molar-refractivity contribution in [1.82, 2.24) is 9.97 Å². The van der Waals surface area contributed by atoms with Crippen molar-refractivity contribution in [2.75, 3.05) is 16.8 Å². The summed E-state index contributed by atoms with van der Waals surface area (Å²) >= 11 is 15.5. The van der Waals surface area contributed by atoms with Crippen LogP contribution in [0.25, 0.3) is 11.1 Å². The Hall–Kier alpha value is -1.04. The van der Waals surface area contributed by atoms with Crippen molar-refractivity contribution in [2.45, 2.75) is 6.42 Å². The molecule has 1 heterocycles. The number of rotatable bonds is 3. The molecule has 19 heavy (non-hydrogen) atoms. The van der Waals surface area contributed by atoms with Gasteiger partial charge in [-0.15, -0.1) is 0 Å². The Balaban J connectivity index is 2.66. The molecule has 0 unspecified atom stereocenters. The van der Waals surface area contributed by atoms with E-state index >= 15 is 0 Å². The van der Waals surface area contributed by atoms with Gasteiger partial charge in [-0.25, -0.2) is 4.98 Å². The summed E-state index contributed by atoms with van der Waals surface area (Å²) in [4.78, 5) is 8.22. The van der Waals surface area contributed by atoms with Crippen LogP contribution >= 0.6 is 39.1 Å². The fourth-order valence-electron chi connectivity index (χ4n) is 1.80. The third kappa shape index (κ3) is 3.11. The first-order chi connectivity index (χ1) is 9.02. The lowest BCUT2D eigenvalue weighted by Gasteiger charge is -2.12. The van der Waals surface area contributed by atoms with Gasteiger partial charge in [-0.05, 0) is 12.1 Å². The van der Waals surface area contributed by atoms with Gasteiger partial charge in [0.15, 0.2) is 0 Å². The van der Waals surface area contributed by atoms with Gasteiger partial charge in [0.1, 0.15) is 5.82 Å². The topological polar surface area (TPSA) is 77.8 Å². The zero-order valence-electron chi connectivity index (χ0n) is 9.83. The summed E-state index contributed by atoms with van der Waals surface area (Å²) in [6.45, 7) is 0. The molecule has 4 N–H and O–H groups in total. The van der Waals surface area contributed by atoms with E-state index < -0.39 is 0 Å². The molecule has 100 valence electrons. The Morgan fingerprint density at radius 3 is 2.53 bits per heavy atom. The number of benzene rings is 1. The largest absolute Gasteiger partial charge is 0.383 e. The van der Waals surface area contributed by atoms with Crippen LogP contribution in [0.1, 0.15) is 5.69 Å². The minimum Gasteiger partial charge on any atom is -0.383 e. The number of aromatic nitrogens is 2. The number of anilines is 2. The number of halogens is 3. The molecule has 0 aliphatic carbocycles. The van der Waals surface area contributed by atoms with Crippen LogP contribution in [0.15, 0.2) is 18.2 Å². The molecule has 0 saturated heterocycles. The molecule has 0 aliphatic heterocycles. The van der Waals surface area contributed by atoms with Crippen LogP contribution in [0, 0.1) is 0 Å². The molecule has 0 atom stereocenters. The van der Waals surface area contributed by atoms with E-state index in [1.165, 1.54) is 0 Å². The smallest absolute Gasteiger partial charge is 0.222 e. The lowest BCUT2D eigenvalue weighted by atomic mass is 10.0. The zero-order chi connectivity index (χ0) is 14.0. The molecule has 1 aromatic heterocycles. The molecule has 1 aromatic carbocycles. The van der Waals surface area contributed by atoms with Gasteiger partial charge >= 0.3 is 0 Å². The van der Waals surface area contributed by atoms with E-state index in [4.69, 9.17) is 34.7 Å². The quantitative estimate of drug-likeness (QED) is 0.819. The van der Waals surface area contributed by atoms with Crippen LogP contribution in [0.3, 0.4) is 0 Å². The van der Waals surface area contributed by atoms with Crippen molar-refractivity contribution in [2.24, 2.45) is 0 Å².